The van der Waals surface area contributed by atoms with Crippen molar-refractivity contribution in [3.05, 3.63) is 52.0 Å². The zero-order valence-electron chi connectivity index (χ0n) is 30.5. The van der Waals surface area contributed by atoms with Gasteiger partial charge in [0, 0.05) is 43.8 Å². The van der Waals surface area contributed by atoms with Crippen LogP contribution in [0, 0.1) is 17.8 Å². The number of piperidine rings is 1. The standard InChI is InChI=1S/C37H53N5O8S/c1-22(2)30(42(6)36(46)32(26-19-49-20-26)40-34(45)29-14-10-11-15-41(29)5)18-31(50-24(4)43)35-39-28(21-51-35)33(44)38-27(16-23(3)37(47)48)17-25-12-8-7-9-13-25/h7-9,12-13,21-23,26-27,29-32H,10-11,14-20H2,1-6H3,(H,38,44)(H,40,45)(H,47,48)/t23-,27+,29+,30+,31+,32-/m0/s1. The molecule has 280 valence electrons. The number of carboxylic acid groups (broad SMARTS) is 1. The van der Waals surface area contributed by atoms with E-state index in [1.807, 2.05) is 56.1 Å². The van der Waals surface area contributed by atoms with E-state index in [-0.39, 0.29) is 48.2 Å². The minimum Gasteiger partial charge on any atom is -0.481 e. The number of hydrogen-bond donors (Lipinski definition) is 3. The fourth-order valence-corrected chi connectivity index (χ4v) is 7.62. The molecule has 14 heteroatoms. The summed E-state index contributed by atoms with van der Waals surface area (Å²) >= 11 is 1.18. The van der Waals surface area contributed by atoms with Gasteiger partial charge in [-0.3, -0.25) is 28.9 Å². The second-order valence-corrected chi connectivity index (χ2v) is 15.2. The molecular weight excluding hydrogens is 675 g/mol. The van der Waals surface area contributed by atoms with Gasteiger partial charge in [-0.2, -0.15) is 0 Å². The fraction of sp³-hybridized carbons (Fsp3) is 0.622. The molecule has 0 saturated carbocycles. The lowest BCUT2D eigenvalue weighted by molar-refractivity contribution is -0.151. The zero-order valence-corrected chi connectivity index (χ0v) is 31.3. The Morgan fingerprint density at radius 1 is 1.08 bits per heavy atom. The number of amides is 3. The Hall–Kier alpha value is -3.88. The average molecular weight is 728 g/mol. The van der Waals surface area contributed by atoms with Crippen molar-refractivity contribution in [1.82, 2.24) is 25.4 Å². The maximum Gasteiger partial charge on any atom is 0.306 e. The van der Waals surface area contributed by atoms with Crippen LogP contribution >= 0.6 is 11.3 Å². The van der Waals surface area contributed by atoms with E-state index in [1.54, 1.807) is 24.3 Å². The monoisotopic (exact) mass is 727 g/mol. The number of rotatable bonds is 17. The second-order valence-electron chi connectivity index (χ2n) is 14.3. The molecule has 3 amide bonds. The van der Waals surface area contributed by atoms with Gasteiger partial charge in [-0.15, -0.1) is 11.3 Å². The first-order chi connectivity index (χ1) is 24.2. The molecule has 6 atom stereocenters. The minimum atomic E-state index is -0.947. The third kappa shape index (κ3) is 11.1. The maximum atomic E-state index is 14.1. The number of benzene rings is 1. The molecule has 2 aromatic rings. The van der Waals surface area contributed by atoms with E-state index in [9.17, 15) is 29.1 Å². The van der Waals surface area contributed by atoms with E-state index in [4.69, 9.17) is 9.47 Å². The van der Waals surface area contributed by atoms with Gasteiger partial charge >= 0.3 is 11.9 Å². The molecule has 2 aliphatic rings. The summed E-state index contributed by atoms with van der Waals surface area (Å²) in [5.74, 6) is -3.23. The molecule has 0 aliphatic carbocycles. The van der Waals surface area contributed by atoms with E-state index >= 15 is 0 Å². The summed E-state index contributed by atoms with van der Waals surface area (Å²) in [5, 5.41) is 17.5. The Kier molecular flexibility index (Phi) is 14.5. The first-order valence-electron chi connectivity index (χ1n) is 17.8. The molecule has 4 rings (SSSR count). The predicted octanol–water partition coefficient (Wildman–Crippen LogP) is 3.69. The Balaban J connectivity index is 1.50. The van der Waals surface area contributed by atoms with Gasteiger partial charge < -0.3 is 30.1 Å². The number of carbonyl (C=O) groups excluding carboxylic acids is 4. The Morgan fingerprint density at radius 3 is 2.37 bits per heavy atom. The van der Waals surface area contributed by atoms with Gasteiger partial charge in [0.05, 0.1) is 25.2 Å². The number of likely N-dealkylation sites (tertiary alicyclic amines) is 1. The first kappa shape index (κ1) is 39.9. The van der Waals surface area contributed by atoms with E-state index in [2.05, 4.69) is 15.6 Å². The van der Waals surface area contributed by atoms with E-state index in [1.165, 1.54) is 18.3 Å². The largest absolute Gasteiger partial charge is 0.481 e. The van der Waals surface area contributed by atoms with Crippen LogP contribution in [0.3, 0.4) is 0 Å². The molecule has 1 aromatic carbocycles. The van der Waals surface area contributed by atoms with Gasteiger partial charge in [-0.25, -0.2) is 4.98 Å². The molecule has 1 aromatic heterocycles. The van der Waals surface area contributed by atoms with Crippen molar-refractivity contribution < 1.29 is 38.6 Å². The van der Waals surface area contributed by atoms with Gasteiger partial charge in [0.2, 0.25) is 11.8 Å². The smallest absolute Gasteiger partial charge is 0.306 e. The molecule has 13 nitrogen and oxygen atoms in total. The van der Waals surface area contributed by atoms with E-state index < -0.39 is 48.0 Å². The van der Waals surface area contributed by atoms with Crippen LogP contribution in [0.4, 0.5) is 0 Å². The number of thiazole rings is 1. The summed E-state index contributed by atoms with van der Waals surface area (Å²) in [6.45, 7) is 8.43. The third-order valence-corrected chi connectivity index (χ3v) is 10.8. The van der Waals surface area contributed by atoms with Crippen molar-refractivity contribution in [3.8, 4) is 0 Å². The van der Waals surface area contributed by atoms with Crippen LogP contribution in [0.5, 0.6) is 0 Å². The van der Waals surface area contributed by atoms with Crippen molar-refractivity contribution in [2.75, 3.05) is 33.9 Å². The number of hydrogen-bond acceptors (Lipinski definition) is 10. The van der Waals surface area contributed by atoms with Gasteiger partial charge in [0.1, 0.15) is 16.7 Å². The highest BCUT2D eigenvalue weighted by atomic mass is 32.1. The zero-order chi connectivity index (χ0) is 37.2. The van der Waals surface area contributed by atoms with Crippen molar-refractivity contribution >= 4 is 41.0 Å². The second kappa shape index (κ2) is 18.6. The lowest BCUT2D eigenvalue weighted by atomic mass is 9.92. The minimum absolute atomic E-state index is 0.0619. The highest BCUT2D eigenvalue weighted by Gasteiger charge is 2.41. The molecule has 0 spiro atoms. The van der Waals surface area contributed by atoms with Crippen LogP contribution in [0.15, 0.2) is 35.7 Å². The number of ether oxygens (including phenoxy) is 2. The fourth-order valence-electron chi connectivity index (χ4n) is 6.78. The summed E-state index contributed by atoms with van der Waals surface area (Å²) in [6, 6.07) is 7.60. The first-order valence-corrected chi connectivity index (χ1v) is 18.7. The summed E-state index contributed by atoms with van der Waals surface area (Å²) in [6.07, 6.45) is 2.77. The molecule has 3 N–H and O–H groups in total. The number of esters is 1. The lowest BCUT2D eigenvalue weighted by Gasteiger charge is -2.40. The molecular formula is C37H53N5O8S. The molecule has 0 unspecified atom stereocenters. The predicted molar refractivity (Wildman–Crippen MR) is 192 cm³/mol. The average Bonchev–Trinajstić information content (AvgIpc) is 3.56. The Labute approximate surface area is 304 Å². The molecule has 3 heterocycles. The summed E-state index contributed by atoms with van der Waals surface area (Å²) in [5.41, 5.74) is 1.08. The quantitative estimate of drug-likeness (QED) is 0.205. The number of aromatic nitrogens is 1. The maximum absolute atomic E-state index is 14.1. The molecule has 2 aliphatic heterocycles. The SMILES string of the molecule is CC(=O)O[C@H](C[C@H](C(C)C)N(C)C(=O)[C@@H](NC(=O)[C@H]1CCCCN1C)C1COC1)c1nc(C(=O)N[C@@H](Cc2ccccc2)C[C@H](C)C(=O)O)cs1. The van der Waals surface area contributed by atoms with Crippen molar-refractivity contribution in [2.45, 2.75) is 96.5 Å². The Morgan fingerprint density at radius 2 is 1.78 bits per heavy atom. The van der Waals surface area contributed by atoms with Crippen LogP contribution in [-0.2, 0) is 35.1 Å². The molecule has 0 radical (unpaired) electrons. The summed E-state index contributed by atoms with van der Waals surface area (Å²) in [7, 11) is 3.63. The number of nitrogens with one attached hydrogen (secondary N) is 2. The third-order valence-electron chi connectivity index (χ3n) is 9.90. The van der Waals surface area contributed by atoms with Crippen LogP contribution < -0.4 is 10.6 Å². The number of nitrogens with zero attached hydrogens (tertiary/aromatic N) is 3. The highest BCUT2D eigenvalue weighted by Crippen LogP contribution is 2.31. The van der Waals surface area contributed by atoms with E-state index in [0.717, 1.165) is 31.4 Å². The van der Waals surface area contributed by atoms with Crippen LogP contribution in [0.25, 0.3) is 0 Å². The lowest BCUT2D eigenvalue weighted by Crippen LogP contribution is -2.61. The normalized spacial score (nSPS) is 19.5. The highest BCUT2D eigenvalue weighted by molar-refractivity contribution is 7.09. The molecule has 51 heavy (non-hydrogen) atoms. The van der Waals surface area contributed by atoms with Crippen LogP contribution in [0.2, 0.25) is 0 Å². The van der Waals surface area contributed by atoms with Crippen molar-refractivity contribution in [3.63, 3.8) is 0 Å². The van der Waals surface area contributed by atoms with Gasteiger partial charge in [0.15, 0.2) is 6.10 Å². The van der Waals surface area contributed by atoms with Gasteiger partial charge in [0.25, 0.3) is 5.91 Å². The number of aliphatic carboxylic acids is 1. The molecule has 0 bridgehead atoms. The van der Waals surface area contributed by atoms with Crippen LogP contribution in [-0.4, -0.2) is 108 Å². The van der Waals surface area contributed by atoms with Crippen molar-refractivity contribution in [1.29, 1.82) is 0 Å². The van der Waals surface area contributed by atoms with Crippen molar-refractivity contribution in [2.24, 2.45) is 17.8 Å². The van der Waals surface area contributed by atoms with Gasteiger partial charge in [-0.05, 0) is 50.8 Å². The number of carbonyl (C=O) groups is 5. The molecule has 2 saturated heterocycles. The number of carboxylic acids is 1. The summed E-state index contributed by atoms with van der Waals surface area (Å²) in [4.78, 5) is 73.2. The van der Waals surface area contributed by atoms with Gasteiger partial charge in [-0.1, -0.05) is 57.5 Å². The molecule has 2 fully saturated rings. The van der Waals surface area contributed by atoms with E-state index in [0.29, 0.717) is 24.6 Å². The summed E-state index contributed by atoms with van der Waals surface area (Å²) < 4.78 is 11.2. The topological polar surface area (TPSA) is 167 Å². The Bertz CT molecular complexity index is 1500. The number of likely N-dealkylation sites (N-methyl/N-ethyl adjacent to an activating group) is 2. The van der Waals surface area contributed by atoms with Crippen LogP contribution in [0.1, 0.15) is 87.0 Å².